The summed E-state index contributed by atoms with van der Waals surface area (Å²) in [5.74, 6) is 0. The summed E-state index contributed by atoms with van der Waals surface area (Å²) in [5.41, 5.74) is 6.32. The second-order valence-corrected chi connectivity index (χ2v) is 6.25. The van der Waals surface area contributed by atoms with Crippen molar-refractivity contribution in [2.45, 2.75) is 16.7 Å². The Morgan fingerprint density at radius 1 is 1.23 bits per heavy atom. The molecule has 0 saturated heterocycles. The molecule has 0 spiro atoms. The van der Waals surface area contributed by atoms with Crippen LogP contribution in [0.15, 0.2) is 68.6 Å². The van der Waals surface area contributed by atoms with Crippen molar-refractivity contribution in [2.24, 2.45) is 10.7 Å². The van der Waals surface area contributed by atoms with E-state index in [1.54, 1.807) is 18.2 Å². The second-order valence-electron chi connectivity index (χ2n) is 5.14. The van der Waals surface area contributed by atoms with Crippen LogP contribution in [0.5, 0.6) is 0 Å². The molecule has 8 heteroatoms. The quantitative estimate of drug-likeness (QED) is 0.373. The number of nitrogens with zero attached hydrogens (tertiary/aromatic N) is 4. The molecule has 0 amide bonds. The van der Waals surface area contributed by atoms with E-state index in [4.69, 9.17) is 16.3 Å². The van der Waals surface area contributed by atoms with Gasteiger partial charge in [-0.25, -0.2) is 4.99 Å². The fraction of sp³-hybridized carbons (Fsp3) is 0.0556. The van der Waals surface area contributed by atoms with E-state index in [-0.39, 0.29) is 17.1 Å². The molecule has 0 aliphatic rings. The van der Waals surface area contributed by atoms with Crippen LogP contribution in [0.1, 0.15) is 11.1 Å². The molecule has 2 rings (SSSR count). The molecule has 128 valence electrons. The highest BCUT2D eigenvalue weighted by molar-refractivity contribution is 7.99. The third-order valence-electron chi connectivity index (χ3n) is 3.27. The highest BCUT2D eigenvalue weighted by Crippen LogP contribution is 2.32. The summed E-state index contributed by atoms with van der Waals surface area (Å²) in [5, 5.41) is 28.8. The Morgan fingerprint density at radius 2 is 1.92 bits per heavy atom. The summed E-state index contributed by atoms with van der Waals surface area (Å²) >= 11 is 1.41. The molecule has 0 saturated carbocycles. The SMILES string of the molecule is Cc1ccc(Sc2ccc([N+](=O)[O-])cc2C=NC(C#N)=C(N)C#N)cc1. The summed E-state index contributed by atoms with van der Waals surface area (Å²) in [6.07, 6.45) is 1.30. The van der Waals surface area contributed by atoms with Gasteiger partial charge >= 0.3 is 0 Å². The van der Waals surface area contributed by atoms with Crippen molar-refractivity contribution < 1.29 is 4.92 Å². The van der Waals surface area contributed by atoms with E-state index in [1.165, 1.54) is 30.1 Å². The first kappa shape index (κ1) is 18.7. The molecule has 0 fully saturated rings. The van der Waals surface area contributed by atoms with Gasteiger partial charge in [0, 0.05) is 33.7 Å². The van der Waals surface area contributed by atoms with Gasteiger partial charge < -0.3 is 5.73 Å². The highest BCUT2D eigenvalue weighted by Gasteiger charge is 2.11. The number of non-ortho nitro benzene ring substituents is 1. The Hall–Kier alpha value is -3.62. The van der Waals surface area contributed by atoms with Crippen LogP contribution < -0.4 is 5.73 Å². The maximum atomic E-state index is 11.0. The fourth-order valence-corrected chi connectivity index (χ4v) is 2.81. The van der Waals surface area contributed by atoms with E-state index in [9.17, 15) is 10.1 Å². The summed E-state index contributed by atoms with van der Waals surface area (Å²) in [6.45, 7) is 1.98. The molecular weight excluding hydrogens is 350 g/mol. The van der Waals surface area contributed by atoms with Gasteiger partial charge in [0.25, 0.3) is 5.69 Å². The standard InChI is InChI=1S/C18H13N5O2S/c1-12-2-5-15(6-3-12)26-18-7-4-14(23(24)25)8-13(18)11-22-17(10-20)16(21)9-19/h2-8,11H,21H2,1H3. The zero-order chi connectivity index (χ0) is 19.1. The molecule has 0 radical (unpaired) electrons. The molecule has 0 bridgehead atoms. The molecule has 7 nitrogen and oxygen atoms in total. The van der Waals surface area contributed by atoms with Crippen LogP contribution in [0.25, 0.3) is 0 Å². The topological polar surface area (TPSA) is 129 Å². The van der Waals surface area contributed by atoms with Crippen molar-refractivity contribution in [1.29, 1.82) is 10.5 Å². The molecule has 0 aromatic heterocycles. The number of allylic oxidation sites excluding steroid dienone is 2. The van der Waals surface area contributed by atoms with Crippen LogP contribution in [0.4, 0.5) is 5.69 Å². The fourth-order valence-electron chi connectivity index (χ4n) is 1.92. The number of aliphatic imine (C=N–C) groups is 1. The number of hydrogen-bond acceptors (Lipinski definition) is 7. The zero-order valence-corrected chi connectivity index (χ0v) is 14.5. The number of nitriles is 2. The van der Waals surface area contributed by atoms with Crippen LogP contribution in [0, 0.1) is 39.7 Å². The van der Waals surface area contributed by atoms with Gasteiger partial charge in [-0.15, -0.1) is 0 Å². The average Bonchev–Trinajstić information content (AvgIpc) is 2.64. The van der Waals surface area contributed by atoms with E-state index in [0.29, 0.717) is 5.56 Å². The lowest BCUT2D eigenvalue weighted by Crippen LogP contribution is -1.98. The van der Waals surface area contributed by atoms with Gasteiger partial charge in [0.1, 0.15) is 17.8 Å². The van der Waals surface area contributed by atoms with E-state index in [2.05, 4.69) is 4.99 Å². The molecule has 0 heterocycles. The van der Waals surface area contributed by atoms with Gasteiger partial charge in [0.2, 0.25) is 0 Å². The van der Waals surface area contributed by atoms with E-state index in [0.717, 1.165) is 15.4 Å². The largest absolute Gasteiger partial charge is 0.388 e. The highest BCUT2D eigenvalue weighted by atomic mass is 32.2. The smallest absolute Gasteiger partial charge is 0.270 e. The van der Waals surface area contributed by atoms with Crippen LogP contribution in [0.2, 0.25) is 0 Å². The van der Waals surface area contributed by atoms with Crippen molar-refractivity contribution in [1.82, 2.24) is 0 Å². The number of nitrogens with two attached hydrogens (primary N) is 1. The van der Waals surface area contributed by atoms with Crippen LogP contribution in [-0.2, 0) is 0 Å². The van der Waals surface area contributed by atoms with Crippen molar-refractivity contribution in [3.63, 3.8) is 0 Å². The van der Waals surface area contributed by atoms with Crippen LogP contribution in [0.3, 0.4) is 0 Å². The second kappa shape index (κ2) is 8.47. The number of benzene rings is 2. The van der Waals surface area contributed by atoms with Gasteiger partial charge in [0.15, 0.2) is 5.70 Å². The number of hydrogen-bond donors (Lipinski definition) is 1. The van der Waals surface area contributed by atoms with Crippen molar-refractivity contribution in [3.05, 3.63) is 75.1 Å². The predicted octanol–water partition coefficient (Wildman–Crippen LogP) is 3.69. The van der Waals surface area contributed by atoms with Gasteiger partial charge in [-0.05, 0) is 25.1 Å². The minimum atomic E-state index is -0.512. The van der Waals surface area contributed by atoms with Gasteiger partial charge in [-0.3, -0.25) is 10.1 Å². The lowest BCUT2D eigenvalue weighted by molar-refractivity contribution is -0.384. The monoisotopic (exact) mass is 363 g/mol. The molecule has 26 heavy (non-hydrogen) atoms. The number of aryl methyl sites for hydroxylation is 1. The van der Waals surface area contributed by atoms with Crippen molar-refractivity contribution >= 4 is 23.7 Å². The summed E-state index contributed by atoms with van der Waals surface area (Å²) in [4.78, 5) is 16.1. The Labute approximate surface area is 154 Å². The Morgan fingerprint density at radius 3 is 2.50 bits per heavy atom. The number of nitro benzene ring substituents is 1. The predicted molar refractivity (Wildman–Crippen MR) is 98.4 cm³/mol. The molecule has 2 aromatic rings. The number of nitro groups is 1. The lowest BCUT2D eigenvalue weighted by Gasteiger charge is -2.06. The Kier molecular flexibility index (Phi) is 6.10. The van der Waals surface area contributed by atoms with Crippen molar-refractivity contribution in [2.75, 3.05) is 0 Å². The number of rotatable bonds is 5. The van der Waals surface area contributed by atoms with Crippen LogP contribution in [-0.4, -0.2) is 11.1 Å². The summed E-state index contributed by atoms with van der Waals surface area (Å²) < 4.78 is 0. The van der Waals surface area contributed by atoms with Crippen LogP contribution >= 0.6 is 11.8 Å². The van der Waals surface area contributed by atoms with Crippen molar-refractivity contribution in [3.8, 4) is 12.1 Å². The molecule has 2 aromatic carbocycles. The molecule has 0 aliphatic carbocycles. The normalized spacial score (nSPS) is 11.5. The van der Waals surface area contributed by atoms with E-state index >= 15 is 0 Å². The summed E-state index contributed by atoms with van der Waals surface area (Å²) in [6, 6.07) is 15.6. The van der Waals surface area contributed by atoms with E-state index < -0.39 is 4.92 Å². The molecule has 0 aliphatic heterocycles. The first-order valence-electron chi connectivity index (χ1n) is 7.31. The lowest BCUT2D eigenvalue weighted by atomic mass is 10.2. The Bertz CT molecular complexity index is 982. The molecule has 0 unspecified atom stereocenters. The third-order valence-corrected chi connectivity index (χ3v) is 4.37. The first-order valence-corrected chi connectivity index (χ1v) is 8.13. The maximum absolute atomic E-state index is 11.0. The minimum Gasteiger partial charge on any atom is -0.388 e. The average molecular weight is 363 g/mol. The molecule has 0 atom stereocenters. The zero-order valence-electron chi connectivity index (χ0n) is 13.7. The first-order chi connectivity index (χ1) is 12.4. The van der Waals surface area contributed by atoms with Gasteiger partial charge in [-0.2, -0.15) is 10.5 Å². The minimum absolute atomic E-state index is 0.101. The van der Waals surface area contributed by atoms with E-state index in [1.807, 2.05) is 31.2 Å². The van der Waals surface area contributed by atoms with Gasteiger partial charge in [-0.1, -0.05) is 29.5 Å². The maximum Gasteiger partial charge on any atom is 0.270 e. The molecular formula is C18H13N5O2S. The third kappa shape index (κ3) is 4.69. The summed E-state index contributed by atoms with van der Waals surface area (Å²) in [7, 11) is 0. The van der Waals surface area contributed by atoms with Gasteiger partial charge in [0.05, 0.1) is 4.92 Å². The Balaban J connectivity index is 2.46. The molecule has 2 N–H and O–H groups in total.